The Hall–Kier alpha value is -3.03. The lowest BCUT2D eigenvalue weighted by molar-refractivity contribution is 0.0700. The fourth-order valence-electron chi connectivity index (χ4n) is 2.95. The van der Waals surface area contributed by atoms with Gasteiger partial charge in [-0.05, 0) is 29.6 Å². The van der Waals surface area contributed by atoms with Crippen molar-refractivity contribution >= 4 is 28.2 Å². The highest BCUT2D eigenvalue weighted by atomic mass is 32.1. The van der Waals surface area contributed by atoms with E-state index in [1.165, 1.54) is 23.9 Å². The van der Waals surface area contributed by atoms with Crippen LogP contribution in [0.5, 0.6) is 5.75 Å². The minimum absolute atomic E-state index is 0.0277. The normalized spacial score (nSPS) is 13.4. The molecule has 27 heavy (non-hydrogen) atoms. The number of hydrogen-bond donors (Lipinski definition) is 2. The van der Waals surface area contributed by atoms with E-state index in [0.29, 0.717) is 21.8 Å². The summed E-state index contributed by atoms with van der Waals surface area (Å²) in [4.78, 5) is 13.3. The van der Waals surface area contributed by atoms with Crippen molar-refractivity contribution in [2.45, 2.75) is 5.60 Å². The molecule has 0 radical (unpaired) electrons. The zero-order valence-corrected chi connectivity index (χ0v) is 15.3. The van der Waals surface area contributed by atoms with Gasteiger partial charge in [0.25, 0.3) is 5.91 Å². The molecule has 1 amide bonds. The van der Waals surface area contributed by atoms with Gasteiger partial charge in [0.1, 0.15) is 5.60 Å². The van der Waals surface area contributed by atoms with Crippen LogP contribution in [-0.2, 0) is 5.60 Å². The summed E-state index contributed by atoms with van der Waals surface area (Å²) in [6, 6.07) is 12.4. The van der Waals surface area contributed by atoms with Crippen molar-refractivity contribution in [2.24, 2.45) is 0 Å². The number of amides is 1. The zero-order chi connectivity index (χ0) is 18.9. The van der Waals surface area contributed by atoms with Crippen LogP contribution in [0.1, 0.15) is 21.0 Å². The predicted octanol–water partition coefficient (Wildman–Crippen LogP) is 3.76. The number of ether oxygens (including phenoxy) is 1. The SMILES string of the molecule is COc1cccc2cc(C(=O)NC[C@@](O)(c3ccoc3)c3cccs3)oc12. The van der Waals surface area contributed by atoms with Crippen LogP contribution in [0.4, 0.5) is 0 Å². The second-order valence-electron chi connectivity index (χ2n) is 6.02. The molecule has 0 spiro atoms. The standard InChI is InChI=1S/C20H17NO5S/c1-24-15-5-2-4-13-10-16(26-18(13)15)19(22)21-12-20(23,14-7-8-25-11-14)17-6-3-9-27-17/h2-11,23H,12H2,1H3,(H,21,22)/t20-/m1/s1. The number of carbonyl (C=O) groups excluding carboxylic acids is 1. The Labute approximate surface area is 159 Å². The average molecular weight is 383 g/mol. The van der Waals surface area contributed by atoms with Crippen molar-refractivity contribution in [2.75, 3.05) is 13.7 Å². The Balaban J connectivity index is 1.59. The molecule has 7 heteroatoms. The van der Waals surface area contributed by atoms with Crippen molar-refractivity contribution in [3.8, 4) is 5.75 Å². The van der Waals surface area contributed by atoms with Gasteiger partial charge in [-0.15, -0.1) is 11.3 Å². The highest BCUT2D eigenvalue weighted by Crippen LogP contribution is 2.33. The van der Waals surface area contributed by atoms with Crippen LogP contribution < -0.4 is 10.1 Å². The molecule has 0 fully saturated rings. The summed E-state index contributed by atoms with van der Waals surface area (Å²) >= 11 is 1.40. The van der Waals surface area contributed by atoms with E-state index in [1.807, 2.05) is 29.6 Å². The van der Waals surface area contributed by atoms with Crippen LogP contribution in [-0.4, -0.2) is 24.7 Å². The third kappa shape index (κ3) is 3.11. The number of para-hydroxylation sites is 1. The molecule has 6 nitrogen and oxygen atoms in total. The van der Waals surface area contributed by atoms with E-state index in [1.54, 1.807) is 25.3 Å². The van der Waals surface area contributed by atoms with Gasteiger partial charge >= 0.3 is 0 Å². The Morgan fingerprint density at radius 1 is 1.30 bits per heavy atom. The average Bonchev–Trinajstić information content (AvgIpc) is 3.45. The van der Waals surface area contributed by atoms with Crippen LogP contribution in [0.25, 0.3) is 11.0 Å². The van der Waals surface area contributed by atoms with Gasteiger partial charge in [0.2, 0.25) is 0 Å². The maximum absolute atomic E-state index is 12.6. The quantitative estimate of drug-likeness (QED) is 0.530. The van der Waals surface area contributed by atoms with E-state index in [2.05, 4.69) is 5.32 Å². The molecule has 0 saturated carbocycles. The number of aliphatic hydroxyl groups is 1. The molecule has 4 rings (SSSR count). The fourth-order valence-corrected chi connectivity index (χ4v) is 3.80. The number of hydrogen-bond acceptors (Lipinski definition) is 6. The van der Waals surface area contributed by atoms with Crippen LogP contribution in [0.2, 0.25) is 0 Å². The third-order valence-corrected chi connectivity index (χ3v) is 5.40. The first-order chi connectivity index (χ1) is 13.1. The minimum atomic E-state index is -1.39. The highest BCUT2D eigenvalue weighted by Gasteiger charge is 2.34. The van der Waals surface area contributed by atoms with Crippen molar-refractivity contribution < 1.29 is 23.5 Å². The van der Waals surface area contributed by atoms with Crippen molar-refractivity contribution in [1.82, 2.24) is 5.32 Å². The summed E-state index contributed by atoms with van der Waals surface area (Å²) in [7, 11) is 1.54. The molecular formula is C20H17NO5S. The highest BCUT2D eigenvalue weighted by molar-refractivity contribution is 7.10. The first-order valence-electron chi connectivity index (χ1n) is 8.25. The number of fused-ring (bicyclic) bond motifs is 1. The molecule has 0 unspecified atom stereocenters. The van der Waals surface area contributed by atoms with Gasteiger partial charge < -0.3 is 24.0 Å². The van der Waals surface area contributed by atoms with Crippen LogP contribution in [0.15, 0.2) is 69.2 Å². The Morgan fingerprint density at radius 3 is 2.89 bits per heavy atom. The number of thiophene rings is 1. The van der Waals surface area contributed by atoms with Crippen molar-refractivity contribution in [3.63, 3.8) is 0 Å². The van der Waals surface area contributed by atoms with E-state index < -0.39 is 11.5 Å². The lowest BCUT2D eigenvalue weighted by Gasteiger charge is -2.26. The first-order valence-corrected chi connectivity index (χ1v) is 9.13. The van der Waals surface area contributed by atoms with Gasteiger partial charge in [0.15, 0.2) is 17.1 Å². The molecule has 0 aliphatic carbocycles. The predicted molar refractivity (Wildman–Crippen MR) is 101 cm³/mol. The fraction of sp³-hybridized carbons (Fsp3) is 0.150. The van der Waals surface area contributed by atoms with E-state index in [-0.39, 0.29) is 12.3 Å². The Morgan fingerprint density at radius 2 is 2.19 bits per heavy atom. The summed E-state index contributed by atoms with van der Waals surface area (Å²) < 4.78 is 16.0. The molecule has 3 aromatic heterocycles. The van der Waals surface area contributed by atoms with Crippen LogP contribution >= 0.6 is 11.3 Å². The molecule has 3 heterocycles. The van der Waals surface area contributed by atoms with Gasteiger partial charge in [-0.3, -0.25) is 4.79 Å². The molecule has 138 valence electrons. The molecule has 0 aliphatic rings. The van der Waals surface area contributed by atoms with Gasteiger partial charge in [0.05, 0.1) is 26.2 Å². The summed E-state index contributed by atoms with van der Waals surface area (Å²) in [5.74, 6) is 0.280. The van der Waals surface area contributed by atoms with Crippen molar-refractivity contribution in [1.29, 1.82) is 0 Å². The number of benzene rings is 1. The number of carbonyl (C=O) groups is 1. The van der Waals surface area contributed by atoms with Gasteiger partial charge in [-0.25, -0.2) is 0 Å². The Bertz CT molecular complexity index is 1020. The first kappa shape index (κ1) is 17.4. The van der Waals surface area contributed by atoms with E-state index in [4.69, 9.17) is 13.6 Å². The lowest BCUT2D eigenvalue weighted by Crippen LogP contribution is -2.40. The second kappa shape index (κ2) is 6.94. The molecule has 1 aromatic carbocycles. The Kier molecular flexibility index (Phi) is 4.47. The molecule has 0 aliphatic heterocycles. The third-order valence-electron chi connectivity index (χ3n) is 4.38. The lowest BCUT2D eigenvalue weighted by atomic mass is 9.94. The van der Waals surface area contributed by atoms with Crippen molar-refractivity contribution in [3.05, 3.63) is 76.6 Å². The minimum Gasteiger partial charge on any atom is -0.493 e. The molecular weight excluding hydrogens is 366 g/mol. The maximum Gasteiger partial charge on any atom is 0.287 e. The molecule has 4 aromatic rings. The van der Waals surface area contributed by atoms with Crippen LogP contribution in [0, 0.1) is 0 Å². The van der Waals surface area contributed by atoms with Gasteiger partial charge in [0, 0.05) is 15.8 Å². The van der Waals surface area contributed by atoms with Gasteiger partial charge in [-0.1, -0.05) is 18.2 Å². The summed E-state index contributed by atoms with van der Waals surface area (Å²) in [6.07, 6.45) is 2.96. The largest absolute Gasteiger partial charge is 0.493 e. The molecule has 0 saturated heterocycles. The number of nitrogens with one attached hydrogen (secondary N) is 1. The van der Waals surface area contributed by atoms with Gasteiger partial charge in [-0.2, -0.15) is 0 Å². The summed E-state index contributed by atoms with van der Waals surface area (Å²) in [5, 5.41) is 16.6. The summed E-state index contributed by atoms with van der Waals surface area (Å²) in [6.45, 7) is -0.0277. The summed E-state index contributed by atoms with van der Waals surface area (Å²) in [5.41, 5.74) is -0.314. The van der Waals surface area contributed by atoms with E-state index in [9.17, 15) is 9.90 Å². The topological polar surface area (TPSA) is 84.8 Å². The van der Waals surface area contributed by atoms with E-state index in [0.717, 1.165) is 5.39 Å². The van der Waals surface area contributed by atoms with E-state index >= 15 is 0 Å². The number of methoxy groups -OCH3 is 1. The van der Waals surface area contributed by atoms with Crippen LogP contribution in [0.3, 0.4) is 0 Å². The second-order valence-corrected chi connectivity index (χ2v) is 6.97. The molecule has 0 bridgehead atoms. The maximum atomic E-state index is 12.6. The number of furan rings is 2. The smallest absolute Gasteiger partial charge is 0.287 e. The monoisotopic (exact) mass is 383 g/mol. The molecule has 2 N–H and O–H groups in total. The molecule has 1 atom stereocenters. The number of rotatable bonds is 6. The zero-order valence-electron chi connectivity index (χ0n) is 14.5.